The van der Waals surface area contributed by atoms with Crippen LogP contribution < -0.4 is 5.32 Å². The van der Waals surface area contributed by atoms with Crippen LogP contribution in [0.3, 0.4) is 0 Å². The van der Waals surface area contributed by atoms with E-state index in [1.165, 1.54) is 12.8 Å². The minimum Gasteiger partial charge on any atom is -0.380 e. The molecule has 1 N–H and O–H groups in total. The Morgan fingerprint density at radius 1 is 1.33 bits per heavy atom. The maximum absolute atomic E-state index is 11.8. The van der Waals surface area contributed by atoms with Gasteiger partial charge in [0, 0.05) is 19.7 Å². The summed E-state index contributed by atoms with van der Waals surface area (Å²) in [7, 11) is 0. The first-order valence-electron chi connectivity index (χ1n) is 5.92. The summed E-state index contributed by atoms with van der Waals surface area (Å²) >= 11 is 0. The monoisotopic (exact) mass is 212 g/mol. The third kappa shape index (κ3) is 3.80. The summed E-state index contributed by atoms with van der Waals surface area (Å²) < 4.78 is 5.31. The highest BCUT2D eigenvalue weighted by Gasteiger charge is 2.21. The van der Waals surface area contributed by atoms with Crippen LogP contribution in [0.5, 0.6) is 0 Å². The molecule has 1 aliphatic carbocycles. The van der Waals surface area contributed by atoms with Gasteiger partial charge in [-0.15, -0.1) is 0 Å². The molecule has 2 aliphatic rings. The van der Waals surface area contributed by atoms with Crippen LogP contribution in [0.25, 0.3) is 0 Å². The Morgan fingerprint density at radius 3 is 3.00 bits per heavy atom. The predicted octanol–water partition coefficient (Wildman–Crippen LogP) is 0.235. The van der Waals surface area contributed by atoms with E-state index in [1.54, 1.807) is 0 Å². The van der Waals surface area contributed by atoms with E-state index in [4.69, 9.17) is 4.74 Å². The largest absolute Gasteiger partial charge is 0.380 e. The van der Waals surface area contributed by atoms with Crippen LogP contribution in [-0.2, 0) is 9.53 Å². The molecule has 2 rings (SSSR count). The fourth-order valence-electron chi connectivity index (χ4n) is 1.81. The molecule has 1 aliphatic heterocycles. The normalized spacial score (nSPS) is 22.5. The smallest absolute Gasteiger partial charge is 0.236 e. The number of nitrogens with zero attached hydrogens (tertiary/aromatic N) is 1. The molecule has 1 heterocycles. The van der Waals surface area contributed by atoms with E-state index in [0.717, 1.165) is 38.6 Å². The molecule has 0 aromatic heterocycles. The van der Waals surface area contributed by atoms with Gasteiger partial charge >= 0.3 is 0 Å². The van der Waals surface area contributed by atoms with E-state index >= 15 is 0 Å². The first kappa shape index (κ1) is 10.9. The molecular weight excluding hydrogens is 192 g/mol. The van der Waals surface area contributed by atoms with Crippen LogP contribution in [0.4, 0.5) is 0 Å². The topological polar surface area (TPSA) is 41.6 Å². The van der Waals surface area contributed by atoms with E-state index < -0.39 is 0 Å². The average Bonchev–Trinajstić information content (AvgIpc) is 3.04. The number of hydrogen-bond donors (Lipinski definition) is 1. The molecule has 0 bridgehead atoms. The average molecular weight is 212 g/mol. The standard InChI is InChI=1S/C11H20N2O2/c14-11(9-12-8-10-2-3-10)13-4-1-6-15-7-5-13/h10,12H,1-9H2. The SMILES string of the molecule is O=C(CNCC1CC1)N1CCCOCC1. The molecule has 0 radical (unpaired) electrons. The highest BCUT2D eigenvalue weighted by Crippen LogP contribution is 2.27. The first-order valence-corrected chi connectivity index (χ1v) is 5.92. The Kier molecular flexibility index (Phi) is 3.97. The van der Waals surface area contributed by atoms with Gasteiger partial charge in [0.15, 0.2) is 0 Å². The zero-order valence-electron chi connectivity index (χ0n) is 9.21. The summed E-state index contributed by atoms with van der Waals surface area (Å²) in [5.74, 6) is 1.06. The predicted molar refractivity (Wildman–Crippen MR) is 57.6 cm³/mol. The number of carbonyl (C=O) groups excluding carboxylic acids is 1. The third-order valence-corrected chi connectivity index (χ3v) is 2.98. The Balaban J connectivity index is 1.63. The number of hydrogen-bond acceptors (Lipinski definition) is 3. The van der Waals surface area contributed by atoms with Gasteiger partial charge in [0.1, 0.15) is 0 Å². The van der Waals surface area contributed by atoms with Crippen LogP contribution in [0.15, 0.2) is 0 Å². The lowest BCUT2D eigenvalue weighted by Gasteiger charge is -2.19. The molecule has 0 atom stereocenters. The number of amides is 1. The van der Waals surface area contributed by atoms with Crippen LogP contribution in [-0.4, -0.2) is 50.2 Å². The molecular formula is C11H20N2O2. The van der Waals surface area contributed by atoms with Gasteiger partial charge in [-0.3, -0.25) is 4.79 Å². The van der Waals surface area contributed by atoms with Crippen molar-refractivity contribution in [2.45, 2.75) is 19.3 Å². The molecule has 15 heavy (non-hydrogen) atoms. The van der Waals surface area contributed by atoms with Crippen LogP contribution in [0.1, 0.15) is 19.3 Å². The minimum atomic E-state index is 0.223. The molecule has 0 spiro atoms. The Hall–Kier alpha value is -0.610. The first-order chi connectivity index (χ1) is 7.36. The number of ether oxygens (including phenoxy) is 1. The number of nitrogens with one attached hydrogen (secondary N) is 1. The second kappa shape index (κ2) is 5.47. The van der Waals surface area contributed by atoms with Gasteiger partial charge in [0.2, 0.25) is 5.91 Å². The summed E-state index contributed by atoms with van der Waals surface area (Å²) in [5, 5.41) is 3.23. The molecule has 1 saturated heterocycles. The van der Waals surface area contributed by atoms with E-state index in [-0.39, 0.29) is 5.91 Å². The lowest BCUT2D eigenvalue weighted by molar-refractivity contribution is -0.130. The summed E-state index contributed by atoms with van der Waals surface area (Å²) in [5.41, 5.74) is 0. The molecule has 86 valence electrons. The zero-order valence-corrected chi connectivity index (χ0v) is 9.21. The maximum atomic E-state index is 11.8. The Morgan fingerprint density at radius 2 is 2.20 bits per heavy atom. The molecule has 0 aromatic carbocycles. The molecule has 4 heteroatoms. The van der Waals surface area contributed by atoms with Crippen molar-refractivity contribution in [3.8, 4) is 0 Å². The van der Waals surface area contributed by atoms with Crippen molar-refractivity contribution in [1.82, 2.24) is 10.2 Å². The highest BCUT2D eigenvalue weighted by atomic mass is 16.5. The fourth-order valence-corrected chi connectivity index (χ4v) is 1.81. The van der Waals surface area contributed by atoms with Crippen molar-refractivity contribution in [3.05, 3.63) is 0 Å². The van der Waals surface area contributed by atoms with E-state index in [1.807, 2.05) is 4.90 Å². The lowest BCUT2D eigenvalue weighted by atomic mass is 10.3. The van der Waals surface area contributed by atoms with Gasteiger partial charge in [0.25, 0.3) is 0 Å². The molecule has 2 fully saturated rings. The molecule has 1 amide bonds. The lowest BCUT2D eigenvalue weighted by Crippen LogP contribution is -2.40. The Labute approximate surface area is 91.0 Å². The maximum Gasteiger partial charge on any atom is 0.236 e. The van der Waals surface area contributed by atoms with E-state index in [2.05, 4.69) is 5.32 Å². The number of rotatable bonds is 4. The number of carbonyl (C=O) groups is 1. The summed E-state index contributed by atoms with van der Waals surface area (Å²) in [6.45, 7) is 4.59. The summed E-state index contributed by atoms with van der Waals surface area (Å²) in [6.07, 6.45) is 3.63. The van der Waals surface area contributed by atoms with Crippen molar-refractivity contribution >= 4 is 5.91 Å². The van der Waals surface area contributed by atoms with Gasteiger partial charge in [-0.2, -0.15) is 0 Å². The Bertz CT molecular complexity index is 209. The fraction of sp³-hybridized carbons (Fsp3) is 0.909. The minimum absolute atomic E-state index is 0.223. The van der Waals surface area contributed by atoms with Gasteiger partial charge in [-0.25, -0.2) is 0 Å². The van der Waals surface area contributed by atoms with E-state index in [0.29, 0.717) is 13.2 Å². The van der Waals surface area contributed by atoms with Gasteiger partial charge in [-0.1, -0.05) is 0 Å². The van der Waals surface area contributed by atoms with E-state index in [9.17, 15) is 4.79 Å². The molecule has 4 nitrogen and oxygen atoms in total. The van der Waals surface area contributed by atoms with Crippen molar-refractivity contribution in [1.29, 1.82) is 0 Å². The van der Waals surface area contributed by atoms with Crippen molar-refractivity contribution in [2.24, 2.45) is 5.92 Å². The summed E-state index contributed by atoms with van der Waals surface area (Å²) in [4.78, 5) is 13.7. The quantitative estimate of drug-likeness (QED) is 0.725. The second-order valence-corrected chi connectivity index (χ2v) is 4.42. The summed E-state index contributed by atoms with van der Waals surface area (Å²) in [6, 6.07) is 0. The molecule has 0 unspecified atom stereocenters. The molecule has 0 aromatic rings. The van der Waals surface area contributed by atoms with Crippen LogP contribution >= 0.6 is 0 Å². The van der Waals surface area contributed by atoms with Gasteiger partial charge in [0.05, 0.1) is 13.2 Å². The molecule has 1 saturated carbocycles. The second-order valence-electron chi connectivity index (χ2n) is 4.42. The highest BCUT2D eigenvalue weighted by molar-refractivity contribution is 5.78. The van der Waals surface area contributed by atoms with Crippen molar-refractivity contribution in [2.75, 3.05) is 39.4 Å². The van der Waals surface area contributed by atoms with Gasteiger partial charge < -0.3 is 15.0 Å². The zero-order chi connectivity index (χ0) is 10.5. The van der Waals surface area contributed by atoms with Crippen LogP contribution in [0, 0.1) is 5.92 Å². The van der Waals surface area contributed by atoms with Crippen molar-refractivity contribution < 1.29 is 9.53 Å². The van der Waals surface area contributed by atoms with Crippen molar-refractivity contribution in [3.63, 3.8) is 0 Å². The van der Waals surface area contributed by atoms with Gasteiger partial charge in [-0.05, 0) is 31.7 Å². The van der Waals surface area contributed by atoms with Crippen LogP contribution in [0.2, 0.25) is 0 Å². The third-order valence-electron chi connectivity index (χ3n) is 2.98.